The molecule has 0 unspecified atom stereocenters. The summed E-state index contributed by atoms with van der Waals surface area (Å²) in [5.41, 5.74) is -0.664. The first-order chi connectivity index (χ1) is 8.05. The lowest BCUT2D eigenvalue weighted by atomic mass is 9.76. The maximum Gasteiger partial charge on any atom is 0.318 e. The molecule has 1 saturated heterocycles. The summed E-state index contributed by atoms with van der Waals surface area (Å²) in [5.74, 6) is 1.57. The number of piperidine rings is 1. The standard InChI is InChI=1S/C12H18N2O3/c1-3-7-13-11(17)14-8-5-12(4-2,6-9-14)10(15)16/h1H,4-9H2,2H3,(H,13,17)(H,15,16). The fraction of sp³-hybridized carbons (Fsp3) is 0.667. The second-order valence-corrected chi connectivity index (χ2v) is 4.29. The number of hydrogen-bond acceptors (Lipinski definition) is 2. The summed E-state index contributed by atoms with van der Waals surface area (Å²) in [7, 11) is 0. The number of terminal acetylenes is 1. The molecule has 17 heavy (non-hydrogen) atoms. The van der Waals surface area contributed by atoms with E-state index in [4.69, 9.17) is 6.42 Å². The van der Waals surface area contributed by atoms with Crippen LogP contribution in [0.3, 0.4) is 0 Å². The predicted octanol–water partition coefficient (Wildman–Crippen LogP) is 0.906. The molecule has 0 spiro atoms. The first-order valence-electron chi connectivity index (χ1n) is 5.75. The molecule has 0 aromatic heterocycles. The van der Waals surface area contributed by atoms with Gasteiger partial charge in [0.2, 0.25) is 0 Å². The second kappa shape index (κ2) is 5.58. The number of carboxylic acids is 1. The van der Waals surface area contributed by atoms with Gasteiger partial charge in [0.1, 0.15) is 0 Å². The van der Waals surface area contributed by atoms with E-state index in [1.165, 1.54) is 0 Å². The number of aliphatic carboxylic acids is 1. The molecule has 0 radical (unpaired) electrons. The number of nitrogens with one attached hydrogen (secondary N) is 1. The number of carboxylic acid groups (broad SMARTS) is 1. The Morgan fingerprint density at radius 3 is 2.47 bits per heavy atom. The molecule has 1 aliphatic rings. The fourth-order valence-corrected chi connectivity index (χ4v) is 2.09. The third kappa shape index (κ3) is 2.90. The first kappa shape index (κ1) is 13.4. The van der Waals surface area contributed by atoms with E-state index in [1.54, 1.807) is 4.90 Å². The van der Waals surface area contributed by atoms with Gasteiger partial charge in [-0.05, 0) is 19.3 Å². The second-order valence-electron chi connectivity index (χ2n) is 4.29. The molecule has 1 heterocycles. The minimum absolute atomic E-state index is 0.202. The highest BCUT2D eigenvalue weighted by molar-refractivity contribution is 5.77. The molecule has 0 aromatic rings. The van der Waals surface area contributed by atoms with E-state index in [0.29, 0.717) is 32.4 Å². The summed E-state index contributed by atoms with van der Waals surface area (Å²) in [5, 5.41) is 11.8. The summed E-state index contributed by atoms with van der Waals surface area (Å²) in [6.45, 7) is 3.02. The fourth-order valence-electron chi connectivity index (χ4n) is 2.09. The van der Waals surface area contributed by atoms with Gasteiger partial charge >= 0.3 is 12.0 Å². The van der Waals surface area contributed by atoms with Gasteiger partial charge in [-0.15, -0.1) is 6.42 Å². The zero-order chi connectivity index (χ0) is 12.9. The van der Waals surface area contributed by atoms with Gasteiger partial charge in [0, 0.05) is 13.1 Å². The van der Waals surface area contributed by atoms with Crippen LogP contribution in [0.15, 0.2) is 0 Å². The van der Waals surface area contributed by atoms with Crippen LogP contribution in [0.5, 0.6) is 0 Å². The molecule has 1 fully saturated rings. The molecule has 1 rings (SSSR count). The van der Waals surface area contributed by atoms with E-state index in [1.807, 2.05) is 6.92 Å². The summed E-state index contributed by atoms with van der Waals surface area (Å²) in [4.78, 5) is 24.4. The first-order valence-corrected chi connectivity index (χ1v) is 5.75. The van der Waals surface area contributed by atoms with Crippen LogP contribution >= 0.6 is 0 Å². The van der Waals surface area contributed by atoms with Crippen molar-refractivity contribution >= 4 is 12.0 Å². The highest BCUT2D eigenvalue weighted by Crippen LogP contribution is 2.34. The Balaban J connectivity index is 2.53. The number of rotatable bonds is 3. The van der Waals surface area contributed by atoms with Crippen molar-refractivity contribution in [2.75, 3.05) is 19.6 Å². The molecule has 1 aliphatic heterocycles. The van der Waals surface area contributed by atoms with Crippen LogP contribution in [-0.2, 0) is 4.79 Å². The van der Waals surface area contributed by atoms with Gasteiger partial charge in [0.05, 0.1) is 12.0 Å². The number of likely N-dealkylation sites (tertiary alicyclic amines) is 1. The van der Waals surface area contributed by atoms with Gasteiger partial charge in [-0.3, -0.25) is 4.79 Å². The van der Waals surface area contributed by atoms with Crippen LogP contribution in [0.25, 0.3) is 0 Å². The average Bonchev–Trinajstić information content (AvgIpc) is 2.35. The molecule has 0 atom stereocenters. The van der Waals surface area contributed by atoms with E-state index in [0.717, 1.165) is 0 Å². The lowest BCUT2D eigenvalue weighted by Gasteiger charge is -2.38. The monoisotopic (exact) mass is 238 g/mol. The topological polar surface area (TPSA) is 69.6 Å². The number of hydrogen-bond donors (Lipinski definition) is 2. The molecule has 0 saturated carbocycles. The Labute approximate surface area is 101 Å². The largest absolute Gasteiger partial charge is 0.481 e. The highest BCUT2D eigenvalue weighted by Gasteiger charge is 2.40. The van der Waals surface area contributed by atoms with Gasteiger partial charge < -0.3 is 15.3 Å². The number of carbonyl (C=O) groups excluding carboxylic acids is 1. The Bertz CT molecular complexity index is 338. The lowest BCUT2D eigenvalue weighted by molar-refractivity contribution is -0.151. The van der Waals surface area contributed by atoms with Crippen LogP contribution < -0.4 is 5.32 Å². The van der Waals surface area contributed by atoms with Crippen molar-refractivity contribution in [1.82, 2.24) is 10.2 Å². The lowest BCUT2D eigenvalue weighted by Crippen LogP contribution is -2.49. The Kier molecular flexibility index (Phi) is 4.38. The summed E-state index contributed by atoms with van der Waals surface area (Å²) >= 11 is 0. The smallest absolute Gasteiger partial charge is 0.318 e. The van der Waals surface area contributed by atoms with E-state index in [-0.39, 0.29) is 12.6 Å². The minimum atomic E-state index is -0.760. The molecule has 0 aliphatic carbocycles. The quantitative estimate of drug-likeness (QED) is 0.718. The van der Waals surface area contributed by atoms with E-state index in [9.17, 15) is 14.7 Å². The van der Waals surface area contributed by atoms with Crippen LogP contribution in [0.4, 0.5) is 4.79 Å². The Hall–Kier alpha value is -1.70. The minimum Gasteiger partial charge on any atom is -0.481 e. The van der Waals surface area contributed by atoms with E-state index >= 15 is 0 Å². The van der Waals surface area contributed by atoms with E-state index in [2.05, 4.69) is 11.2 Å². The third-order valence-corrected chi connectivity index (χ3v) is 3.48. The maximum atomic E-state index is 11.6. The van der Waals surface area contributed by atoms with Crippen LogP contribution in [0.2, 0.25) is 0 Å². The van der Waals surface area contributed by atoms with Crippen molar-refractivity contribution in [2.24, 2.45) is 5.41 Å². The molecule has 5 nitrogen and oxygen atoms in total. The SMILES string of the molecule is C#CCNC(=O)N1CCC(CC)(C(=O)O)CC1. The maximum absolute atomic E-state index is 11.6. The van der Waals surface area contributed by atoms with Crippen molar-refractivity contribution in [2.45, 2.75) is 26.2 Å². The van der Waals surface area contributed by atoms with Crippen molar-refractivity contribution < 1.29 is 14.7 Å². The normalized spacial score (nSPS) is 18.2. The summed E-state index contributed by atoms with van der Waals surface area (Å²) < 4.78 is 0. The van der Waals surface area contributed by atoms with Crippen molar-refractivity contribution in [1.29, 1.82) is 0 Å². The van der Waals surface area contributed by atoms with Crippen LogP contribution in [0.1, 0.15) is 26.2 Å². The van der Waals surface area contributed by atoms with Crippen molar-refractivity contribution in [3.8, 4) is 12.3 Å². The highest BCUT2D eigenvalue weighted by atomic mass is 16.4. The molecule has 0 bridgehead atoms. The van der Waals surface area contributed by atoms with Crippen molar-refractivity contribution in [3.63, 3.8) is 0 Å². The van der Waals surface area contributed by atoms with Gasteiger partial charge in [-0.1, -0.05) is 12.8 Å². The average molecular weight is 238 g/mol. The van der Waals surface area contributed by atoms with Gasteiger partial charge in [0.25, 0.3) is 0 Å². The Morgan fingerprint density at radius 2 is 2.06 bits per heavy atom. The molecule has 2 N–H and O–H groups in total. The van der Waals surface area contributed by atoms with Gasteiger partial charge in [-0.2, -0.15) is 0 Å². The van der Waals surface area contributed by atoms with Crippen LogP contribution in [0, 0.1) is 17.8 Å². The van der Waals surface area contributed by atoms with Gasteiger partial charge in [-0.25, -0.2) is 4.79 Å². The molecular formula is C12H18N2O3. The summed E-state index contributed by atoms with van der Waals surface area (Å²) in [6, 6.07) is -0.210. The number of amides is 2. The Morgan fingerprint density at radius 1 is 1.47 bits per heavy atom. The molecule has 0 aromatic carbocycles. The molecule has 2 amide bonds. The van der Waals surface area contributed by atoms with Gasteiger partial charge in [0.15, 0.2) is 0 Å². The van der Waals surface area contributed by atoms with Crippen molar-refractivity contribution in [3.05, 3.63) is 0 Å². The zero-order valence-electron chi connectivity index (χ0n) is 10.0. The third-order valence-electron chi connectivity index (χ3n) is 3.48. The zero-order valence-corrected chi connectivity index (χ0v) is 10.0. The molecule has 5 heteroatoms. The number of nitrogens with zero attached hydrogens (tertiary/aromatic N) is 1. The van der Waals surface area contributed by atoms with E-state index < -0.39 is 11.4 Å². The summed E-state index contributed by atoms with van der Waals surface area (Å²) in [6.07, 6.45) is 6.65. The predicted molar refractivity (Wildman–Crippen MR) is 63.4 cm³/mol. The molecule has 94 valence electrons. The number of carbonyl (C=O) groups is 2. The molecular weight excluding hydrogens is 220 g/mol. The van der Waals surface area contributed by atoms with Crippen LogP contribution in [-0.4, -0.2) is 41.6 Å². The number of urea groups is 1.